The lowest BCUT2D eigenvalue weighted by Crippen LogP contribution is -2.36. The summed E-state index contributed by atoms with van der Waals surface area (Å²) in [6.07, 6.45) is 3.02. The third-order valence-corrected chi connectivity index (χ3v) is 6.09. The highest BCUT2D eigenvalue weighted by Crippen LogP contribution is 2.30. The first-order chi connectivity index (χ1) is 17.1. The number of rotatable bonds is 10. The molecule has 1 fully saturated rings. The van der Waals surface area contributed by atoms with Gasteiger partial charge < -0.3 is 25.6 Å². The Bertz CT molecular complexity index is 1160. The zero-order valence-electron chi connectivity index (χ0n) is 19.4. The van der Waals surface area contributed by atoms with Gasteiger partial charge in [0.05, 0.1) is 13.2 Å². The zero-order chi connectivity index (χ0) is 24.5. The molecule has 1 aliphatic heterocycles. The van der Waals surface area contributed by atoms with E-state index in [2.05, 4.69) is 51.1 Å². The van der Waals surface area contributed by atoms with Gasteiger partial charge in [0.25, 0.3) is 0 Å². The highest BCUT2D eigenvalue weighted by atomic mass is 32.2. The van der Waals surface area contributed by atoms with Gasteiger partial charge in [-0.25, -0.2) is 4.98 Å². The fourth-order valence-corrected chi connectivity index (χ4v) is 4.24. The van der Waals surface area contributed by atoms with Gasteiger partial charge in [-0.05, 0) is 54.6 Å². The largest absolute Gasteiger partial charge is 0.378 e. The van der Waals surface area contributed by atoms with Crippen LogP contribution in [0.1, 0.15) is 0 Å². The number of aromatic nitrogens is 2. The summed E-state index contributed by atoms with van der Waals surface area (Å²) in [5.74, 6) is 0.952. The van der Waals surface area contributed by atoms with Gasteiger partial charge in [-0.3, -0.25) is 4.79 Å². The molecule has 0 radical (unpaired) electrons. The normalized spacial score (nSPS) is 13.1. The van der Waals surface area contributed by atoms with Crippen LogP contribution in [-0.2, 0) is 9.53 Å². The number of nitrogens with one attached hydrogen (secondary N) is 3. The highest BCUT2D eigenvalue weighted by Gasteiger charge is 2.12. The summed E-state index contributed by atoms with van der Waals surface area (Å²) in [6.45, 7) is 11.1. The van der Waals surface area contributed by atoms with Gasteiger partial charge in [-0.2, -0.15) is 4.98 Å². The van der Waals surface area contributed by atoms with Gasteiger partial charge in [0, 0.05) is 47.7 Å². The van der Waals surface area contributed by atoms with Crippen molar-refractivity contribution < 1.29 is 9.53 Å². The minimum Gasteiger partial charge on any atom is -0.378 e. The minimum absolute atomic E-state index is 0.243. The number of carbonyl (C=O) groups excluding carboxylic acids is 1. The highest BCUT2D eigenvalue weighted by molar-refractivity contribution is 7.99. The Labute approximate surface area is 209 Å². The molecule has 1 saturated heterocycles. The molecule has 0 saturated carbocycles. The molecule has 3 N–H and O–H groups in total. The minimum atomic E-state index is -0.243. The average molecular weight is 489 g/mol. The summed E-state index contributed by atoms with van der Waals surface area (Å²) in [5.41, 5.74) is 2.78. The maximum Gasteiger partial charge on any atom is 0.247 e. The average Bonchev–Trinajstić information content (AvgIpc) is 2.89. The van der Waals surface area contributed by atoms with Crippen molar-refractivity contribution in [2.45, 2.75) is 9.92 Å². The van der Waals surface area contributed by atoms with Crippen LogP contribution in [0.3, 0.4) is 0 Å². The summed E-state index contributed by atoms with van der Waals surface area (Å²) >= 11 is 1.51. The van der Waals surface area contributed by atoms with E-state index in [4.69, 9.17) is 9.72 Å². The first-order valence-electron chi connectivity index (χ1n) is 11.3. The topological polar surface area (TPSA) is 91.4 Å². The first kappa shape index (κ1) is 24.3. The molecular weight excluding hydrogens is 460 g/mol. The third-order valence-electron chi connectivity index (χ3n) is 5.16. The van der Waals surface area contributed by atoms with E-state index in [1.807, 2.05) is 42.5 Å². The molecule has 0 bridgehead atoms. The Morgan fingerprint density at radius 2 is 1.74 bits per heavy atom. The van der Waals surface area contributed by atoms with Gasteiger partial charge in [0.2, 0.25) is 11.9 Å². The molecule has 1 amide bonds. The van der Waals surface area contributed by atoms with Crippen molar-refractivity contribution in [3.05, 3.63) is 79.9 Å². The van der Waals surface area contributed by atoms with Crippen molar-refractivity contribution in [3.8, 4) is 0 Å². The summed E-state index contributed by atoms with van der Waals surface area (Å²) in [7, 11) is 0. The molecule has 1 aliphatic rings. The zero-order valence-corrected chi connectivity index (χ0v) is 20.2. The van der Waals surface area contributed by atoms with E-state index in [0.717, 1.165) is 41.9 Å². The molecule has 1 aromatic heterocycles. The number of ether oxygens (including phenoxy) is 1. The lowest BCUT2D eigenvalue weighted by atomic mass is 10.2. The number of nitrogens with zero attached hydrogens (tertiary/aromatic N) is 3. The predicted octanol–water partition coefficient (Wildman–Crippen LogP) is 4.93. The quantitative estimate of drug-likeness (QED) is 0.210. The van der Waals surface area contributed by atoms with Crippen molar-refractivity contribution in [1.82, 2.24) is 9.97 Å². The third kappa shape index (κ3) is 7.08. The van der Waals surface area contributed by atoms with E-state index in [1.165, 1.54) is 23.5 Å². The number of amides is 1. The van der Waals surface area contributed by atoms with Crippen LogP contribution in [-0.4, -0.2) is 48.7 Å². The molecule has 0 aliphatic carbocycles. The molecule has 0 unspecified atom stereocenters. The Hall–Kier alpha value is -3.82. The van der Waals surface area contributed by atoms with Crippen LogP contribution >= 0.6 is 11.8 Å². The Kier molecular flexibility index (Phi) is 8.37. The molecule has 180 valence electrons. The lowest BCUT2D eigenvalue weighted by molar-refractivity contribution is -0.111. The SMILES string of the molecule is C=CCNc1cc(Sc2ccc(NC(=O)C=C)cc2)nc(Nc2ccc(N3CCOCC3)cc2)n1. The van der Waals surface area contributed by atoms with Crippen LogP contribution in [0, 0.1) is 0 Å². The Balaban J connectivity index is 1.48. The van der Waals surface area contributed by atoms with Crippen molar-refractivity contribution in [2.75, 3.05) is 53.7 Å². The van der Waals surface area contributed by atoms with Crippen LogP contribution < -0.4 is 20.9 Å². The second-order valence-corrected chi connectivity index (χ2v) is 8.77. The molecule has 4 rings (SSSR count). The van der Waals surface area contributed by atoms with Gasteiger partial charge in [0.1, 0.15) is 10.8 Å². The van der Waals surface area contributed by atoms with Crippen LogP contribution in [0.25, 0.3) is 0 Å². The Morgan fingerprint density at radius 3 is 2.43 bits per heavy atom. The second-order valence-electron chi connectivity index (χ2n) is 7.68. The summed E-state index contributed by atoms with van der Waals surface area (Å²) in [4.78, 5) is 24.1. The van der Waals surface area contributed by atoms with Crippen molar-refractivity contribution in [3.63, 3.8) is 0 Å². The van der Waals surface area contributed by atoms with Crippen molar-refractivity contribution in [2.24, 2.45) is 0 Å². The summed E-state index contributed by atoms with van der Waals surface area (Å²) in [6, 6.07) is 17.7. The Morgan fingerprint density at radius 1 is 1.03 bits per heavy atom. The lowest BCUT2D eigenvalue weighted by Gasteiger charge is -2.28. The molecule has 0 spiro atoms. The smallest absolute Gasteiger partial charge is 0.247 e. The molecule has 8 nitrogen and oxygen atoms in total. The van der Waals surface area contributed by atoms with Crippen LogP contribution in [0.5, 0.6) is 0 Å². The predicted molar refractivity (Wildman–Crippen MR) is 143 cm³/mol. The second kappa shape index (κ2) is 12.0. The maximum atomic E-state index is 11.5. The van der Waals surface area contributed by atoms with Gasteiger partial charge in [-0.1, -0.05) is 24.4 Å². The monoisotopic (exact) mass is 488 g/mol. The maximum absolute atomic E-state index is 11.5. The number of carbonyl (C=O) groups is 1. The van der Waals surface area contributed by atoms with Crippen molar-refractivity contribution >= 4 is 46.5 Å². The van der Waals surface area contributed by atoms with E-state index in [-0.39, 0.29) is 5.91 Å². The molecular formula is C26H28N6O2S. The number of morpholine rings is 1. The molecule has 2 heterocycles. The fraction of sp³-hybridized carbons (Fsp3) is 0.192. The van der Waals surface area contributed by atoms with Gasteiger partial charge in [0.15, 0.2) is 0 Å². The molecule has 9 heteroatoms. The molecule has 35 heavy (non-hydrogen) atoms. The van der Waals surface area contributed by atoms with Crippen LogP contribution in [0.2, 0.25) is 0 Å². The van der Waals surface area contributed by atoms with Crippen LogP contribution in [0.15, 0.2) is 89.8 Å². The summed E-state index contributed by atoms with van der Waals surface area (Å²) in [5, 5.41) is 10.1. The molecule has 0 atom stereocenters. The number of hydrogen-bond acceptors (Lipinski definition) is 8. The molecule has 2 aromatic carbocycles. The number of benzene rings is 2. The molecule has 3 aromatic rings. The van der Waals surface area contributed by atoms with Crippen LogP contribution in [0.4, 0.5) is 28.8 Å². The van der Waals surface area contributed by atoms with E-state index in [1.54, 1.807) is 6.08 Å². The van der Waals surface area contributed by atoms with E-state index in [0.29, 0.717) is 24.0 Å². The fourth-order valence-electron chi connectivity index (χ4n) is 3.43. The number of hydrogen-bond donors (Lipinski definition) is 3. The van der Waals surface area contributed by atoms with E-state index >= 15 is 0 Å². The van der Waals surface area contributed by atoms with Gasteiger partial charge in [-0.15, -0.1) is 6.58 Å². The summed E-state index contributed by atoms with van der Waals surface area (Å²) < 4.78 is 5.44. The van der Waals surface area contributed by atoms with Crippen molar-refractivity contribution in [1.29, 1.82) is 0 Å². The first-order valence-corrected chi connectivity index (χ1v) is 12.1. The number of anilines is 5. The van der Waals surface area contributed by atoms with E-state index in [9.17, 15) is 4.79 Å². The van der Waals surface area contributed by atoms with E-state index < -0.39 is 0 Å². The standard InChI is InChI=1S/C26H28N6O2S/c1-3-13-27-23-18-25(35-22-11-7-19(8-12-22)28-24(33)4-2)31-26(30-23)29-20-5-9-21(10-6-20)32-14-16-34-17-15-32/h3-12,18H,1-2,13-17H2,(H,28,33)(H2,27,29,30,31). The van der Waals surface area contributed by atoms with Gasteiger partial charge >= 0.3 is 0 Å².